The molecule has 1 atom stereocenters. The van der Waals surface area contributed by atoms with Gasteiger partial charge in [0, 0.05) is 45.6 Å². The topological polar surface area (TPSA) is 66.7 Å². The Morgan fingerprint density at radius 2 is 1.81 bits per heavy atom. The molecular weight excluding hydrogens is 464 g/mol. The summed E-state index contributed by atoms with van der Waals surface area (Å²) in [5.74, 6) is 1.70. The van der Waals surface area contributed by atoms with Crippen LogP contribution in [-0.2, 0) is 25.9 Å². The predicted molar refractivity (Wildman–Crippen MR) is 141 cm³/mol. The van der Waals surface area contributed by atoms with E-state index < -0.39 is 0 Å². The minimum Gasteiger partial charge on any atom is -0.497 e. The summed E-state index contributed by atoms with van der Waals surface area (Å²) in [4.78, 5) is 18.1. The van der Waals surface area contributed by atoms with Gasteiger partial charge in [0.25, 0.3) is 5.91 Å². The van der Waals surface area contributed by atoms with Gasteiger partial charge in [-0.15, -0.1) is 0 Å². The highest BCUT2D eigenvalue weighted by atomic mass is 16.5. The highest BCUT2D eigenvalue weighted by Gasteiger charge is 2.29. The summed E-state index contributed by atoms with van der Waals surface area (Å²) in [5.41, 5.74) is 6.65. The van der Waals surface area contributed by atoms with E-state index in [4.69, 9.17) is 9.47 Å². The van der Waals surface area contributed by atoms with Crippen LogP contribution < -0.4 is 9.47 Å². The third-order valence-electron chi connectivity index (χ3n) is 7.60. The van der Waals surface area contributed by atoms with Gasteiger partial charge in [0.05, 0.1) is 25.8 Å². The molecule has 37 heavy (non-hydrogen) atoms. The van der Waals surface area contributed by atoms with Gasteiger partial charge in [0.15, 0.2) is 0 Å². The Balaban J connectivity index is 1.16. The number of rotatable bonds is 6. The van der Waals surface area contributed by atoms with Crippen LogP contribution in [0.3, 0.4) is 0 Å². The number of carbonyl (C=O) groups excluding carboxylic acids is 1. The number of nitrogens with zero attached hydrogens (tertiary/aromatic N) is 4. The van der Waals surface area contributed by atoms with E-state index in [1.54, 1.807) is 7.11 Å². The normalized spacial score (nSPS) is 18.7. The molecule has 7 heteroatoms. The number of amides is 1. The summed E-state index contributed by atoms with van der Waals surface area (Å²) in [7, 11) is 1.68. The number of piperazine rings is 1. The zero-order chi connectivity index (χ0) is 25.2. The van der Waals surface area contributed by atoms with Crippen LogP contribution in [0, 0.1) is 0 Å². The van der Waals surface area contributed by atoms with E-state index in [-0.39, 0.29) is 11.9 Å². The minimum atomic E-state index is -0.0187. The molecule has 3 aliphatic rings. The highest BCUT2D eigenvalue weighted by Crippen LogP contribution is 2.36. The monoisotopic (exact) mass is 496 g/mol. The minimum absolute atomic E-state index is 0.0187. The van der Waals surface area contributed by atoms with Gasteiger partial charge >= 0.3 is 0 Å². The maximum Gasteiger partial charge on any atom is 0.257 e. The Hall–Kier alpha value is -3.71. The maximum atomic E-state index is 13.7. The first-order chi connectivity index (χ1) is 18.2. The second kappa shape index (κ2) is 10.3. The highest BCUT2D eigenvalue weighted by molar-refractivity contribution is 5.98. The molecule has 1 fully saturated rings. The average Bonchev–Trinajstić information content (AvgIpc) is 3.42. The first-order valence-corrected chi connectivity index (χ1v) is 13.1. The molecule has 1 amide bonds. The summed E-state index contributed by atoms with van der Waals surface area (Å²) < 4.78 is 11.2. The molecule has 6 rings (SSSR count). The van der Waals surface area contributed by atoms with E-state index in [1.165, 1.54) is 16.7 Å². The molecular formula is C30H32N4O3. The summed E-state index contributed by atoms with van der Waals surface area (Å²) in [5, 5.41) is 8.92. The molecule has 0 N–H and O–H groups in total. The molecule has 0 saturated carbocycles. The Labute approximate surface area is 217 Å². The third kappa shape index (κ3) is 4.96. The van der Waals surface area contributed by atoms with Crippen molar-refractivity contribution in [3.63, 3.8) is 0 Å². The molecule has 0 aliphatic carbocycles. The quantitative estimate of drug-likeness (QED) is 0.490. The van der Waals surface area contributed by atoms with Crippen LogP contribution in [-0.4, -0.2) is 55.6 Å². The van der Waals surface area contributed by atoms with Crippen molar-refractivity contribution >= 4 is 5.91 Å². The molecule has 3 heterocycles. The number of carbonyl (C=O) groups is 1. The van der Waals surface area contributed by atoms with Crippen molar-refractivity contribution in [2.75, 3.05) is 39.9 Å². The fourth-order valence-corrected chi connectivity index (χ4v) is 5.57. The van der Waals surface area contributed by atoms with Crippen molar-refractivity contribution in [3.05, 3.63) is 94.0 Å². The Kier molecular flexibility index (Phi) is 6.62. The molecule has 7 nitrogen and oxygen atoms in total. The molecule has 0 aromatic heterocycles. The molecule has 1 unspecified atom stereocenters. The summed E-state index contributed by atoms with van der Waals surface area (Å²) in [6, 6.07) is 20.8. The predicted octanol–water partition coefficient (Wildman–Crippen LogP) is 4.84. The number of fused-ring (bicyclic) bond motifs is 2. The van der Waals surface area contributed by atoms with Gasteiger partial charge in [-0.1, -0.05) is 42.5 Å². The van der Waals surface area contributed by atoms with Crippen molar-refractivity contribution in [1.29, 1.82) is 0 Å². The molecule has 0 spiro atoms. The lowest BCUT2D eigenvalue weighted by Crippen LogP contribution is -2.48. The van der Waals surface area contributed by atoms with Crippen LogP contribution in [0.15, 0.2) is 70.9 Å². The molecule has 0 bridgehead atoms. The third-order valence-corrected chi connectivity index (χ3v) is 7.60. The van der Waals surface area contributed by atoms with Gasteiger partial charge in [-0.05, 0) is 46.0 Å². The lowest BCUT2D eigenvalue weighted by atomic mass is 9.92. The standard InChI is InChI=1S/C30H32N4O3/c1-36-25-8-6-21(7-9-25)20-33-11-13-34(14-12-33)30(35)27-17-22(16-23-10-15-37-29(23)27)18-28-26-5-3-2-4-24(26)19-31-32-28/h2-9,16-17,28H,10-15,18-20H2,1H3. The van der Waals surface area contributed by atoms with Gasteiger partial charge in [-0.25, -0.2) is 0 Å². The number of benzene rings is 3. The summed E-state index contributed by atoms with van der Waals surface area (Å²) in [6.07, 6.45) is 1.56. The van der Waals surface area contributed by atoms with E-state index in [0.717, 1.165) is 55.1 Å². The lowest BCUT2D eigenvalue weighted by Gasteiger charge is -2.35. The lowest BCUT2D eigenvalue weighted by molar-refractivity contribution is 0.0625. The number of ether oxygens (including phenoxy) is 2. The van der Waals surface area contributed by atoms with Crippen molar-refractivity contribution in [2.24, 2.45) is 10.2 Å². The zero-order valence-corrected chi connectivity index (χ0v) is 21.2. The largest absolute Gasteiger partial charge is 0.497 e. The smallest absolute Gasteiger partial charge is 0.257 e. The van der Waals surface area contributed by atoms with E-state index in [1.807, 2.05) is 23.1 Å². The molecule has 3 aromatic rings. The van der Waals surface area contributed by atoms with Crippen LogP contribution in [0.1, 0.15) is 44.2 Å². The molecule has 0 radical (unpaired) electrons. The van der Waals surface area contributed by atoms with E-state index in [0.29, 0.717) is 31.8 Å². The zero-order valence-electron chi connectivity index (χ0n) is 21.2. The first-order valence-electron chi connectivity index (χ1n) is 13.1. The van der Waals surface area contributed by atoms with E-state index in [2.05, 4.69) is 57.6 Å². The average molecular weight is 497 g/mol. The second-order valence-corrected chi connectivity index (χ2v) is 9.98. The number of hydrogen-bond acceptors (Lipinski definition) is 6. The number of hydrogen-bond donors (Lipinski definition) is 0. The maximum absolute atomic E-state index is 13.7. The number of methoxy groups -OCH3 is 1. The van der Waals surface area contributed by atoms with Gasteiger partial charge in [0.1, 0.15) is 17.5 Å². The molecule has 190 valence electrons. The van der Waals surface area contributed by atoms with Crippen molar-refractivity contribution in [1.82, 2.24) is 9.80 Å². The summed E-state index contributed by atoms with van der Waals surface area (Å²) >= 11 is 0. The van der Waals surface area contributed by atoms with Crippen molar-refractivity contribution < 1.29 is 14.3 Å². The molecule has 1 saturated heterocycles. The van der Waals surface area contributed by atoms with Gasteiger partial charge in [0.2, 0.25) is 0 Å². The van der Waals surface area contributed by atoms with Crippen LogP contribution in [0.5, 0.6) is 11.5 Å². The van der Waals surface area contributed by atoms with Crippen LogP contribution in [0.2, 0.25) is 0 Å². The van der Waals surface area contributed by atoms with Crippen LogP contribution in [0.25, 0.3) is 0 Å². The number of azo groups is 1. The van der Waals surface area contributed by atoms with E-state index in [9.17, 15) is 4.79 Å². The van der Waals surface area contributed by atoms with Crippen molar-refractivity contribution in [3.8, 4) is 11.5 Å². The Bertz CT molecular complexity index is 1310. The van der Waals surface area contributed by atoms with Gasteiger partial charge in [-0.3, -0.25) is 9.69 Å². The van der Waals surface area contributed by atoms with Gasteiger partial charge in [-0.2, -0.15) is 10.2 Å². The van der Waals surface area contributed by atoms with Crippen LogP contribution >= 0.6 is 0 Å². The second-order valence-electron chi connectivity index (χ2n) is 9.98. The SMILES string of the molecule is COc1ccc(CN2CCN(C(=O)c3cc(CC4N=NCc5ccccc54)cc4c3OCC4)CC2)cc1. The molecule has 3 aliphatic heterocycles. The van der Waals surface area contributed by atoms with Gasteiger partial charge < -0.3 is 14.4 Å². The summed E-state index contributed by atoms with van der Waals surface area (Å²) in [6.45, 7) is 5.24. The first kappa shape index (κ1) is 23.7. The van der Waals surface area contributed by atoms with E-state index >= 15 is 0 Å². The Morgan fingerprint density at radius 3 is 2.62 bits per heavy atom. The van der Waals surface area contributed by atoms with Crippen molar-refractivity contribution in [2.45, 2.75) is 32.0 Å². The van der Waals surface area contributed by atoms with Crippen LogP contribution in [0.4, 0.5) is 0 Å². The fraction of sp³-hybridized carbons (Fsp3) is 0.367. The Morgan fingerprint density at radius 1 is 1.00 bits per heavy atom. The fourth-order valence-electron chi connectivity index (χ4n) is 5.57. The molecule has 3 aromatic carbocycles.